The monoisotopic (exact) mass is 539 g/mol. The molecule has 0 bridgehead atoms. The van der Waals surface area contributed by atoms with E-state index in [0.717, 1.165) is 16.5 Å². The van der Waals surface area contributed by atoms with Gasteiger partial charge in [-0.1, -0.05) is 98.3 Å². The van der Waals surface area contributed by atoms with Crippen molar-refractivity contribution in [1.82, 2.24) is 15.6 Å². The van der Waals surface area contributed by atoms with Gasteiger partial charge in [-0.15, -0.1) is 0 Å². The highest BCUT2D eigenvalue weighted by Crippen LogP contribution is 2.35. The number of nitrogens with zero attached hydrogens (tertiary/aromatic N) is 1. The van der Waals surface area contributed by atoms with Crippen LogP contribution in [0.5, 0.6) is 0 Å². The third kappa shape index (κ3) is 5.56. The van der Waals surface area contributed by atoms with Crippen molar-refractivity contribution in [2.75, 3.05) is 0 Å². The number of carbonyl (C=O) groups is 3. The third-order valence-electron chi connectivity index (χ3n) is 7.29. The number of aromatic nitrogens is 1. The Hall–Kier alpha value is -4.60. The van der Waals surface area contributed by atoms with E-state index in [1.807, 2.05) is 79.7 Å². The number of hydrogen-bond donors (Lipinski definition) is 5. The molecule has 3 atom stereocenters. The number of pyridine rings is 1. The second-order valence-corrected chi connectivity index (χ2v) is 9.72. The van der Waals surface area contributed by atoms with Crippen LogP contribution in [-0.4, -0.2) is 39.1 Å². The Morgan fingerprint density at radius 3 is 2.02 bits per heavy atom. The number of hydrogen-bond acceptors (Lipinski definition) is 6. The standard InChI is InChI=1S/C31H33N5O4/c1-2-24(19-21-11-5-3-6-12-21)30(28(32)38,34-20-22-13-7-4-8-14-22)31(40,29(33)39)36-27(37)26-18-17-23-15-9-10-16-25(23)35-26/h3-18,24,34,40H,2,19-20H2,1H3,(H2,32,38)(H2,33,39)(H,36,37). The lowest BCUT2D eigenvalue weighted by Gasteiger charge is -2.48. The van der Waals surface area contributed by atoms with Crippen LogP contribution in [0.25, 0.3) is 10.9 Å². The molecule has 0 saturated carbocycles. The highest BCUT2D eigenvalue weighted by molar-refractivity contribution is 6.03. The molecule has 0 fully saturated rings. The summed E-state index contributed by atoms with van der Waals surface area (Å²) in [6, 6.07) is 28.7. The molecule has 0 saturated heterocycles. The Morgan fingerprint density at radius 1 is 0.825 bits per heavy atom. The number of nitrogens with one attached hydrogen (secondary N) is 2. The van der Waals surface area contributed by atoms with E-state index in [1.54, 1.807) is 18.2 Å². The number of amides is 3. The zero-order chi connectivity index (χ0) is 28.8. The molecule has 0 aliphatic rings. The van der Waals surface area contributed by atoms with Gasteiger partial charge in [0.25, 0.3) is 11.8 Å². The number of fused-ring (bicyclic) bond motifs is 1. The number of para-hydroxylation sites is 1. The molecule has 1 heterocycles. The topological polar surface area (TPSA) is 160 Å². The maximum absolute atomic E-state index is 13.5. The van der Waals surface area contributed by atoms with E-state index < -0.39 is 34.9 Å². The van der Waals surface area contributed by atoms with Crippen molar-refractivity contribution in [2.45, 2.75) is 37.6 Å². The molecular formula is C31H33N5O4. The molecular weight excluding hydrogens is 506 g/mol. The van der Waals surface area contributed by atoms with Gasteiger partial charge in [0.05, 0.1) is 5.52 Å². The second kappa shape index (κ2) is 12.1. The molecule has 0 spiro atoms. The van der Waals surface area contributed by atoms with E-state index in [4.69, 9.17) is 11.5 Å². The molecule has 0 aliphatic heterocycles. The van der Waals surface area contributed by atoms with Crippen molar-refractivity contribution >= 4 is 28.6 Å². The normalized spacial score (nSPS) is 14.9. The van der Waals surface area contributed by atoms with Gasteiger partial charge in [-0.25, -0.2) is 4.98 Å². The molecule has 0 aliphatic carbocycles. The van der Waals surface area contributed by atoms with Crippen LogP contribution < -0.4 is 22.1 Å². The fourth-order valence-electron chi connectivity index (χ4n) is 5.15. The van der Waals surface area contributed by atoms with Crippen molar-refractivity contribution < 1.29 is 19.5 Å². The van der Waals surface area contributed by atoms with E-state index in [0.29, 0.717) is 11.9 Å². The Labute approximate surface area is 232 Å². The number of aliphatic hydroxyl groups is 1. The summed E-state index contributed by atoms with van der Waals surface area (Å²) in [5, 5.41) is 18.3. The SMILES string of the molecule is CCC(Cc1ccccc1)C(NCc1ccccc1)(C(N)=O)C(O)(NC(=O)c1ccc2ccccc2n1)C(N)=O. The maximum Gasteiger partial charge on any atom is 0.273 e. The van der Waals surface area contributed by atoms with Crippen molar-refractivity contribution in [3.63, 3.8) is 0 Å². The molecule has 206 valence electrons. The van der Waals surface area contributed by atoms with E-state index in [1.165, 1.54) is 6.07 Å². The predicted molar refractivity (Wildman–Crippen MR) is 152 cm³/mol. The van der Waals surface area contributed by atoms with Crippen molar-refractivity contribution in [2.24, 2.45) is 17.4 Å². The molecule has 7 N–H and O–H groups in total. The third-order valence-corrected chi connectivity index (χ3v) is 7.29. The van der Waals surface area contributed by atoms with Crippen LogP contribution in [-0.2, 0) is 22.6 Å². The van der Waals surface area contributed by atoms with Crippen LogP contribution in [0.4, 0.5) is 0 Å². The Bertz CT molecular complexity index is 1500. The maximum atomic E-state index is 13.5. The Balaban J connectivity index is 1.81. The molecule has 4 rings (SSSR count). The average Bonchev–Trinajstić information content (AvgIpc) is 2.97. The molecule has 3 unspecified atom stereocenters. The van der Waals surface area contributed by atoms with Crippen LogP contribution in [0, 0.1) is 5.92 Å². The Morgan fingerprint density at radius 2 is 1.43 bits per heavy atom. The van der Waals surface area contributed by atoms with Crippen LogP contribution in [0.15, 0.2) is 97.1 Å². The lowest BCUT2D eigenvalue weighted by molar-refractivity contribution is -0.165. The largest absolute Gasteiger partial charge is 0.368 e. The van der Waals surface area contributed by atoms with Crippen LogP contribution in [0.3, 0.4) is 0 Å². The van der Waals surface area contributed by atoms with Gasteiger partial charge in [-0.05, 0) is 35.6 Å². The minimum atomic E-state index is -2.92. The van der Waals surface area contributed by atoms with E-state index in [-0.39, 0.29) is 18.7 Å². The summed E-state index contributed by atoms with van der Waals surface area (Å²) in [4.78, 5) is 44.5. The highest BCUT2D eigenvalue weighted by atomic mass is 16.3. The van der Waals surface area contributed by atoms with Crippen LogP contribution in [0.1, 0.15) is 35.0 Å². The first kappa shape index (κ1) is 28.4. The molecule has 40 heavy (non-hydrogen) atoms. The second-order valence-electron chi connectivity index (χ2n) is 9.72. The summed E-state index contributed by atoms with van der Waals surface area (Å²) in [5.74, 6) is -4.04. The van der Waals surface area contributed by atoms with Crippen molar-refractivity contribution in [1.29, 1.82) is 0 Å². The zero-order valence-electron chi connectivity index (χ0n) is 22.2. The first-order chi connectivity index (χ1) is 19.2. The van der Waals surface area contributed by atoms with Gasteiger partial charge in [0.15, 0.2) is 5.54 Å². The number of carbonyl (C=O) groups excluding carboxylic acids is 3. The molecule has 4 aromatic rings. The lowest BCUT2D eigenvalue weighted by Crippen LogP contribution is -2.82. The summed E-state index contributed by atoms with van der Waals surface area (Å²) in [6.45, 7) is 1.86. The fraction of sp³-hybridized carbons (Fsp3) is 0.226. The first-order valence-electron chi connectivity index (χ1n) is 13.0. The quantitative estimate of drug-likeness (QED) is 0.174. The summed E-state index contributed by atoms with van der Waals surface area (Å²) in [6.07, 6.45) is 0.557. The number of benzene rings is 3. The molecule has 9 nitrogen and oxygen atoms in total. The van der Waals surface area contributed by atoms with E-state index >= 15 is 0 Å². The number of rotatable bonds is 12. The van der Waals surface area contributed by atoms with Gasteiger partial charge in [-0.2, -0.15) is 0 Å². The highest BCUT2D eigenvalue weighted by Gasteiger charge is 2.63. The summed E-state index contributed by atoms with van der Waals surface area (Å²) < 4.78 is 0. The number of nitrogens with two attached hydrogens (primary N) is 2. The van der Waals surface area contributed by atoms with Crippen molar-refractivity contribution in [3.8, 4) is 0 Å². The molecule has 1 aromatic heterocycles. The summed E-state index contributed by atoms with van der Waals surface area (Å²) in [5.41, 5.74) is 8.78. The van der Waals surface area contributed by atoms with Gasteiger partial charge in [-0.3, -0.25) is 19.7 Å². The van der Waals surface area contributed by atoms with Gasteiger partial charge < -0.3 is 21.9 Å². The minimum absolute atomic E-state index is 0.0504. The van der Waals surface area contributed by atoms with Gasteiger partial charge >= 0.3 is 0 Å². The summed E-state index contributed by atoms with van der Waals surface area (Å²) >= 11 is 0. The Kier molecular flexibility index (Phi) is 8.57. The van der Waals surface area contributed by atoms with Gasteiger partial charge in [0.2, 0.25) is 11.6 Å². The minimum Gasteiger partial charge on any atom is -0.368 e. The molecule has 9 heteroatoms. The lowest BCUT2D eigenvalue weighted by atomic mass is 9.69. The van der Waals surface area contributed by atoms with E-state index in [9.17, 15) is 19.5 Å². The average molecular weight is 540 g/mol. The summed E-state index contributed by atoms with van der Waals surface area (Å²) in [7, 11) is 0. The van der Waals surface area contributed by atoms with Crippen molar-refractivity contribution in [3.05, 3.63) is 114 Å². The zero-order valence-corrected chi connectivity index (χ0v) is 22.2. The van der Waals surface area contributed by atoms with E-state index in [2.05, 4.69) is 15.6 Å². The molecule has 0 radical (unpaired) electrons. The molecule has 3 aromatic carbocycles. The van der Waals surface area contributed by atoms with Crippen LogP contribution in [0.2, 0.25) is 0 Å². The number of primary amides is 2. The van der Waals surface area contributed by atoms with Crippen LogP contribution >= 0.6 is 0 Å². The molecule has 3 amide bonds. The van der Waals surface area contributed by atoms with Gasteiger partial charge in [0.1, 0.15) is 5.69 Å². The smallest absolute Gasteiger partial charge is 0.273 e. The fourth-order valence-corrected chi connectivity index (χ4v) is 5.15. The first-order valence-corrected chi connectivity index (χ1v) is 13.0. The van der Waals surface area contributed by atoms with Gasteiger partial charge in [0, 0.05) is 11.9 Å². The predicted octanol–water partition coefficient (Wildman–Crippen LogP) is 2.42.